The number of nitrogens with zero attached hydrogens (tertiary/aromatic N) is 5. The molecule has 6 atom stereocenters. The highest BCUT2D eigenvalue weighted by atomic mass is 16.8. The monoisotopic (exact) mass is 807 g/mol. The number of fused-ring (bicyclic) bond motifs is 2. The molecule has 2 aromatic rings. The molecule has 2 aliphatic rings. The van der Waals surface area contributed by atoms with Crippen LogP contribution in [0.2, 0.25) is 0 Å². The van der Waals surface area contributed by atoms with E-state index in [2.05, 4.69) is 30.9 Å². The van der Waals surface area contributed by atoms with E-state index in [-0.39, 0.29) is 43.8 Å². The van der Waals surface area contributed by atoms with Gasteiger partial charge in [0.2, 0.25) is 5.91 Å². The highest BCUT2D eigenvalue weighted by Crippen LogP contribution is 2.44. The zero-order chi connectivity index (χ0) is 42.7. The first kappa shape index (κ1) is 44.8. The van der Waals surface area contributed by atoms with Gasteiger partial charge in [-0.15, -0.1) is 0 Å². The molecule has 0 aliphatic carbocycles. The number of amides is 4. The summed E-state index contributed by atoms with van der Waals surface area (Å²) in [6.07, 6.45) is -2.70. The van der Waals surface area contributed by atoms with Crippen molar-refractivity contribution in [2.75, 3.05) is 25.0 Å². The number of imidazole rings is 1. The lowest BCUT2D eigenvalue weighted by atomic mass is 10.1. The van der Waals surface area contributed by atoms with Crippen molar-refractivity contribution in [1.82, 2.24) is 35.1 Å². The van der Waals surface area contributed by atoms with E-state index >= 15 is 0 Å². The minimum Gasteiger partial charge on any atom is -0.480 e. The van der Waals surface area contributed by atoms with E-state index in [1.54, 1.807) is 80.7 Å². The van der Waals surface area contributed by atoms with Crippen LogP contribution in [0.3, 0.4) is 0 Å². The number of ether oxygens (including phenoxy) is 6. The highest BCUT2D eigenvalue weighted by molar-refractivity contribution is 5.93. The molecule has 6 N–H and O–H groups in total. The summed E-state index contributed by atoms with van der Waals surface area (Å²) in [5.41, 5.74) is 3.80. The maximum Gasteiger partial charge on any atom is 0.413 e. The Morgan fingerprint density at radius 2 is 1.37 bits per heavy atom. The van der Waals surface area contributed by atoms with Gasteiger partial charge in [-0.1, -0.05) is 0 Å². The summed E-state index contributed by atoms with van der Waals surface area (Å²) in [7, 11) is 0. The second-order valence-electron chi connectivity index (χ2n) is 17.3. The fourth-order valence-electron chi connectivity index (χ4n) is 6.17. The molecule has 2 fully saturated rings. The Labute approximate surface area is 331 Å². The Morgan fingerprint density at radius 3 is 1.91 bits per heavy atom. The van der Waals surface area contributed by atoms with E-state index in [1.807, 2.05) is 4.90 Å². The van der Waals surface area contributed by atoms with Crippen molar-refractivity contribution in [2.24, 2.45) is 5.73 Å². The van der Waals surface area contributed by atoms with Crippen LogP contribution in [0.5, 0.6) is 0 Å². The smallest absolute Gasteiger partial charge is 0.413 e. The number of anilines is 1. The molecule has 2 aliphatic heterocycles. The minimum atomic E-state index is -1.34. The molecule has 2 saturated heterocycles. The summed E-state index contributed by atoms with van der Waals surface area (Å²) in [5, 5.41) is 17.5. The predicted molar refractivity (Wildman–Crippen MR) is 202 cm³/mol. The van der Waals surface area contributed by atoms with E-state index in [9.17, 15) is 29.1 Å². The number of rotatable bonds is 14. The number of carboxylic acids is 1. The van der Waals surface area contributed by atoms with E-state index in [0.717, 1.165) is 0 Å². The molecule has 21 heteroatoms. The first-order valence-electron chi connectivity index (χ1n) is 18.6. The largest absolute Gasteiger partial charge is 0.480 e. The van der Waals surface area contributed by atoms with Gasteiger partial charge in [-0.3, -0.25) is 14.7 Å². The van der Waals surface area contributed by atoms with Gasteiger partial charge in [-0.05, 0) is 89.0 Å². The molecule has 0 saturated carbocycles. The molecule has 21 nitrogen and oxygen atoms in total. The number of aromatic nitrogens is 4. The molecule has 4 amide bonds. The second kappa shape index (κ2) is 17.3. The lowest BCUT2D eigenvalue weighted by Crippen LogP contribution is -2.49. The number of primary amides is 1. The summed E-state index contributed by atoms with van der Waals surface area (Å²) in [6, 6.07) is -2.49. The van der Waals surface area contributed by atoms with E-state index in [0.29, 0.717) is 5.65 Å². The lowest BCUT2D eigenvalue weighted by molar-refractivity contribution is -0.198. The van der Waals surface area contributed by atoms with Crippen LogP contribution in [0.15, 0.2) is 12.7 Å². The summed E-state index contributed by atoms with van der Waals surface area (Å²) in [5.74, 6) is -3.01. The third-order valence-corrected chi connectivity index (χ3v) is 8.31. The van der Waals surface area contributed by atoms with Crippen LogP contribution in [0, 0.1) is 0 Å². The van der Waals surface area contributed by atoms with Crippen molar-refractivity contribution in [3.8, 4) is 0 Å². The molecule has 0 aromatic carbocycles. The van der Waals surface area contributed by atoms with Gasteiger partial charge in [0.1, 0.15) is 53.5 Å². The number of hydrogen-bond donors (Lipinski definition) is 5. The number of carbonyl (C=O) groups excluding carboxylic acids is 4. The van der Waals surface area contributed by atoms with Gasteiger partial charge in [0, 0.05) is 19.6 Å². The number of nitrogens with one attached hydrogen (secondary N) is 3. The van der Waals surface area contributed by atoms with Crippen LogP contribution in [-0.2, 0) is 38.0 Å². The standard InChI is InChI=1S/C36H57N9O12/c1-33(2,3)55-30(49)41-19(25(37)46)12-14-44(15-13-20(29(47)48)42-31(50)56-34(4,5)6)16-21-23-24(54-36(10,11)53-23)28(52-21)45-18-40-22-26(38-17-39-27(22)45)43-32(51)57-35(7,8)9/h17-21,23-24,28H,12-16H2,1-11H3,(H2,37,46)(H,41,49)(H,42,50)(H,47,48)(H,38,39,43,51)/t19?,20-,21+,23+,24+,28+/m0/s1. The third kappa shape index (κ3) is 13.1. The predicted octanol–water partition coefficient (Wildman–Crippen LogP) is 3.03. The molecule has 0 bridgehead atoms. The van der Waals surface area contributed by atoms with Crippen molar-refractivity contribution in [2.45, 2.75) is 148 Å². The molecule has 1 unspecified atom stereocenters. The van der Waals surface area contributed by atoms with Crippen molar-refractivity contribution < 1.29 is 57.5 Å². The molecule has 57 heavy (non-hydrogen) atoms. The van der Waals surface area contributed by atoms with Crippen molar-refractivity contribution >= 4 is 47.1 Å². The minimum absolute atomic E-state index is 0.00933. The topological polar surface area (TPSA) is 270 Å². The summed E-state index contributed by atoms with van der Waals surface area (Å²) >= 11 is 0. The summed E-state index contributed by atoms with van der Waals surface area (Å²) in [4.78, 5) is 77.3. The lowest BCUT2D eigenvalue weighted by Gasteiger charge is -2.31. The molecule has 0 radical (unpaired) electrons. The third-order valence-electron chi connectivity index (χ3n) is 8.31. The van der Waals surface area contributed by atoms with Crippen LogP contribution < -0.4 is 21.7 Å². The second-order valence-corrected chi connectivity index (χ2v) is 17.3. The molecular weight excluding hydrogens is 750 g/mol. The Bertz CT molecular complexity index is 1730. The molecule has 0 spiro atoms. The fraction of sp³-hybridized carbons (Fsp3) is 0.722. The highest BCUT2D eigenvalue weighted by Gasteiger charge is 2.56. The first-order chi connectivity index (χ1) is 26.2. The zero-order valence-corrected chi connectivity index (χ0v) is 34.4. The normalized spacial score (nSPS) is 21.7. The Morgan fingerprint density at radius 1 is 0.842 bits per heavy atom. The van der Waals surface area contributed by atoms with Gasteiger partial charge in [-0.2, -0.15) is 0 Å². The SMILES string of the molecule is CC(C)(C)OC(=O)Nc1ncnc2c1ncn2[C@@H]1O[C@H](CN(CCC(NC(=O)OC(C)(C)C)C(N)=O)CC[C@H](NC(=O)OC(C)(C)C)C(=O)O)[C@H]2OC(C)(C)O[C@H]21. The number of aliphatic carboxylic acids is 1. The maximum absolute atomic E-state index is 12.6. The number of nitrogens with two attached hydrogens (primary N) is 1. The van der Waals surface area contributed by atoms with Crippen LogP contribution >= 0.6 is 0 Å². The number of hydrogen-bond acceptors (Lipinski definition) is 15. The van der Waals surface area contributed by atoms with Crippen LogP contribution in [0.1, 0.15) is 95.2 Å². The molecule has 2 aromatic heterocycles. The van der Waals surface area contributed by atoms with E-state index < -0.39 is 89.4 Å². The van der Waals surface area contributed by atoms with Crippen molar-refractivity contribution in [1.29, 1.82) is 0 Å². The van der Waals surface area contributed by atoms with Crippen LogP contribution in [-0.4, -0.2) is 132 Å². The average molecular weight is 808 g/mol. The summed E-state index contributed by atoms with van der Waals surface area (Å²) in [6.45, 7) is 19.0. The molecule has 318 valence electrons. The average Bonchev–Trinajstić information content (AvgIpc) is 3.69. The zero-order valence-electron chi connectivity index (χ0n) is 34.4. The number of alkyl carbamates (subject to hydrolysis) is 2. The van der Waals surface area contributed by atoms with E-state index in [4.69, 9.17) is 34.2 Å². The van der Waals surface area contributed by atoms with Crippen LogP contribution in [0.25, 0.3) is 11.2 Å². The summed E-state index contributed by atoms with van der Waals surface area (Å²) < 4.78 is 36.9. The van der Waals surface area contributed by atoms with Gasteiger partial charge < -0.3 is 54.8 Å². The van der Waals surface area contributed by atoms with Gasteiger partial charge in [0.05, 0.1) is 6.33 Å². The van der Waals surface area contributed by atoms with Crippen LogP contribution in [0.4, 0.5) is 20.2 Å². The quantitative estimate of drug-likeness (QED) is 0.172. The Hall–Kier alpha value is -4.86. The van der Waals surface area contributed by atoms with Gasteiger partial charge in [0.15, 0.2) is 29.0 Å². The Balaban J connectivity index is 1.60. The molecule has 4 rings (SSSR count). The van der Waals surface area contributed by atoms with Gasteiger partial charge in [0.25, 0.3) is 0 Å². The molecule has 4 heterocycles. The fourth-order valence-corrected chi connectivity index (χ4v) is 6.17. The maximum atomic E-state index is 12.6. The van der Waals surface area contributed by atoms with E-state index in [1.165, 1.54) is 12.7 Å². The van der Waals surface area contributed by atoms with Crippen molar-refractivity contribution in [3.05, 3.63) is 12.7 Å². The van der Waals surface area contributed by atoms with Gasteiger partial charge in [-0.25, -0.2) is 34.1 Å². The molecular formula is C36H57N9O12. The van der Waals surface area contributed by atoms with Crippen molar-refractivity contribution in [3.63, 3.8) is 0 Å². The number of carbonyl (C=O) groups is 5. The number of carboxylic acid groups (broad SMARTS) is 1. The van der Waals surface area contributed by atoms with Gasteiger partial charge >= 0.3 is 24.2 Å². The Kier molecular flexibility index (Phi) is 13.6. The first-order valence-corrected chi connectivity index (χ1v) is 18.6.